The number of amidine groups is 2. The predicted octanol–water partition coefficient (Wildman–Crippen LogP) is 0.432. The van der Waals surface area contributed by atoms with Crippen molar-refractivity contribution >= 4 is 34.7 Å². The lowest BCUT2D eigenvalue weighted by Crippen LogP contribution is -2.63. The highest BCUT2D eigenvalue weighted by atomic mass is 32.2. The van der Waals surface area contributed by atoms with E-state index < -0.39 is 6.04 Å². The van der Waals surface area contributed by atoms with E-state index >= 15 is 0 Å². The van der Waals surface area contributed by atoms with Crippen LogP contribution in [-0.4, -0.2) is 69.2 Å². The zero-order valence-electron chi connectivity index (χ0n) is 11.3. The molecule has 1 atom stereocenters. The first-order valence-electron chi connectivity index (χ1n) is 6.44. The van der Waals surface area contributed by atoms with E-state index in [1.165, 1.54) is 9.80 Å². The molecule has 0 saturated carbocycles. The van der Waals surface area contributed by atoms with Crippen LogP contribution in [0, 0.1) is 5.92 Å². The van der Waals surface area contributed by atoms with Gasteiger partial charge in [-0.3, -0.25) is 14.6 Å². The molecule has 7 heteroatoms. The summed E-state index contributed by atoms with van der Waals surface area (Å²) in [7, 11) is 1.70. The van der Waals surface area contributed by atoms with Gasteiger partial charge in [0.1, 0.15) is 0 Å². The number of thioether (sulfide) groups is 1. The Labute approximate surface area is 116 Å². The third-order valence-electron chi connectivity index (χ3n) is 3.48. The average molecular weight is 281 g/mol. The molecule has 0 spiro atoms. The SMILES string of the molecule is CC(C)CN1C(=O)C2C(=NC3=[N+]2CCS3)N(C)C1=O. The third kappa shape index (κ3) is 1.79. The number of carbonyl (C=O) groups excluding carboxylic acids is 2. The second kappa shape index (κ2) is 4.33. The van der Waals surface area contributed by atoms with E-state index in [9.17, 15) is 9.59 Å². The summed E-state index contributed by atoms with van der Waals surface area (Å²) in [5.74, 6) is 1.67. The van der Waals surface area contributed by atoms with Gasteiger partial charge in [-0.2, -0.15) is 0 Å². The van der Waals surface area contributed by atoms with E-state index in [0.29, 0.717) is 12.4 Å². The number of fused-ring (bicyclic) bond motifs is 2. The smallest absolute Gasteiger partial charge is 0.269 e. The second-order valence-electron chi connectivity index (χ2n) is 5.38. The van der Waals surface area contributed by atoms with Crippen LogP contribution in [-0.2, 0) is 4.79 Å². The highest BCUT2D eigenvalue weighted by molar-refractivity contribution is 8.13. The van der Waals surface area contributed by atoms with Gasteiger partial charge >= 0.3 is 11.2 Å². The molecule has 102 valence electrons. The number of likely N-dealkylation sites (N-methyl/N-ethyl adjacent to an activating group) is 1. The van der Waals surface area contributed by atoms with Gasteiger partial charge < -0.3 is 0 Å². The maximum atomic E-state index is 12.6. The Morgan fingerprint density at radius 3 is 2.89 bits per heavy atom. The molecule has 0 aromatic rings. The van der Waals surface area contributed by atoms with Gasteiger partial charge in [0.05, 0.1) is 6.54 Å². The Morgan fingerprint density at radius 1 is 1.47 bits per heavy atom. The van der Waals surface area contributed by atoms with E-state index in [4.69, 9.17) is 0 Å². The third-order valence-corrected chi connectivity index (χ3v) is 4.46. The van der Waals surface area contributed by atoms with Gasteiger partial charge in [-0.05, 0) is 22.7 Å². The maximum absolute atomic E-state index is 12.6. The van der Waals surface area contributed by atoms with Gasteiger partial charge in [-0.1, -0.05) is 13.8 Å². The molecule has 1 saturated heterocycles. The molecule has 3 rings (SSSR count). The van der Waals surface area contributed by atoms with Crippen molar-refractivity contribution < 1.29 is 14.2 Å². The van der Waals surface area contributed by atoms with Crippen LogP contribution < -0.4 is 0 Å². The summed E-state index contributed by atoms with van der Waals surface area (Å²) < 4.78 is 2.01. The summed E-state index contributed by atoms with van der Waals surface area (Å²) in [6.45, 7) is 5.28. The second-order valence-corrected chi connectivity index (χ2v) is 6.44. The van der Waals surface area contributed by atoms with Crippen molar-refractivity contribution in [1.29, 1.82) is 0 Å². The van der Waals surface area contributed by atoms with Crippen LogP contribution in [0.1, 0.15) is 13.8 Å². The number of carbonyl (C=O) groups is 2. The Kier molecular flexibility index (Phi) is 2.88. The van der Waals surface area contributed by atoms with Crippen LogP contribution in [0.3, 0.4) is 0 Å². The molecule has 6 nitrogen and oxygen atoms in total. The van der Waals surface area contributed by atoms with Gasteiger partial charge in [0, 0.05) is 19.3 Å². The number of nitrogens with zero attached hydrogens (tertiary/aromatic N) is 4. The highest BCUT2D eigenvalue weighted by Gasteiger charge is 2.55. The first kappa shape index (κ1) is 12.7. The molecule has 1 fully saturated rings. The van der Waals surface area contributed by atoms with E-state index in [1.54, 1.807) is 18.8 Å². The lowest BCUT2D eigenvalue weighted by molar-refractivity contribution is -0.525. The first-order valence-corrected chi connectivity index (χ1v) is 7.43. The van der Waals surface area contributed by atoms with E-state index in [2.05, 4.69) is 4.99 Å². The van der Waals surface area contributed by atoms with Gasteiger partial charge in [-0.25, -0.2) is 9.37 Å². The number of hydrogen-bond donors (Lipinski definition) is 0. The van der Waals surface area contributed by atoms with Crippen LogP contribution >= 0.6 is 11.8 Å². The molecule has 0 aliphatic carbocycles. The van der Waals surface area contributed by atoms with Crippen LogP contribution in [0.15, 0.2) is 4.99 Å². The Balaban J connectivity index is 1.96. The van der Waals surface area contributed by atoms with Crippen LogP contribution in [0.5, 0.6) is 0 Å². The molecule has 1 unspecified atom stereocenters. The standard InChI is InChI=1S/C12H17N4O2S/c1-7(2)6-16-10(17)8-9(14(3)12(16)18)13-11-15(8)4-5-19-11/h7-8H,4-6H2,1-3H3/q+1. The Hall–Kier alpha value is -1.37. The topological polar surface area (TPSA) is 56.0 Å². The zero-order valence-corrected chi connectivity index (χ0v) is 12.1. The molecule has 3 aliphatic rings. The van der Waals surface area contributed by atoms with Gasteiger partial charge in [-0.15, -0.1) is 0 Å². The van der Waals surface area contributed by atoms with Crippen molar-refractivity contribution in [3.8, 4) is 0 Å². The molecule has 19 heavy (non-hydrogen) atoms. The molecule has 0 bridgehead atoms. The lowest BCUT2D eigenvalue weighted by Gasteiger charge is -2.33. The molecule has 3 heterocycles. The zero-order chi connectivity index (χ0) is 13.7. The summed E-state index contributed by atoms with van der Waals surface area (Å²) >= 11 is 1.65. The van der Waals surface area contributed by atoms with Crippen LogP contribution in [0.25, 0.3) is 0 Å². The molecule has 0 radical (unpaired) electrons. The number of rotatable bonds is 2. The molecular weight excluding hydrogens is 264 g/mol. The van der Waals surface area contributed by atoms with E-state index in [0.717, 1.165) is 17.5 Å². The van der Waals surface area contributed by atoms with Crippen molar-refractivity contribution in [2.24, 2.45) is 10.9 Å². The molecule has 0 aromatic carbocycles. The molecule has 0 aromatic heterocycles. The fourth-order valence-corrected chi connectivity index (χ4v) is 3.60. The summed E-state index contributed by atoms with van der Waals surface area (Å²) in [4.78, 5) is 32.1. The number of hydrogen-bond acceptors (Lipinski definition) is 4. The minimum absolute atomic E-state index is 0.131. The van der Waals surface area contributed by atoms with Crippen molar-refractivity contribution in [2.45, 2.75) is 19.9 Å². The minimum atomic E-state index is -0.397. The van der Waals surface area contributed by atoms with E-state index in [1.807, 2.05) is 18.4 Å². The van der Waals surface area contributed by atoms with Crippen molar-refractivity contribution in [1.82, 2.24) is 9.80 Å². The quantitative estimate of drug-likeness (QED) is 0.690. The molecule has 3 amide bonds. The largest absolute Gasteiger partial charge is 0.358 e. The predicted molar refractivity (Wildman–Crippen MR) is 73.5 cm³/mol. The Morgan fingerprint density at radius 2 is 2.21 bits per heavy atom. The summed E-state index contributed by atoms with van der Waals surface area (Å²) in [6, 6.07) is -0.660. The van der Waals surface area contributed by atoms with Crippen molar-refractivity contribution in [2.75, 3.05) is 25.9 Å². The minimum Gasteiger partial charge on any atom is -0.269 e. The maximum Gasteiger partial charge on any atom is 0.358 e. The van der Waals surface area contributed by atoms with Gasteiger partial charge in [0.15, 0.2) is 0 Å². The lowest BCUT2D eigenvalue weighted by atomic mass is 10.1. The monoisotopic (exact) mass is 281 g/mol. The molecular formula is C12H17N4O2S+. The summed E-state index contributed by atoms with van der Waals surface area (Å²) in [5, 5.41) is 0.874. The van der Waals surface area contributed by atoms with Crippen molar-refractivity contribution in [3.63, 3.8) is 0 Å². The number of amides is 3. The van der Waals surface area contributed by atoms with Crippen LogP contribution in [0.2, 0.25) is 0 Å². The average Bonchev–Trinajstić information content (AvgIpc) is 2.91. The molecule has 3 aliphatic heterocycles. The number of aliphatic imine (C=N–C) groups is 1. The number of urea groups is 1. The van der Waals surface area contributed by atoms with E-state index in [-0.39, 0.29) is 17.9 Å². The number of imide groups is 1. The summed E-state index contributed by atoms with van der Waals surface area (Å²) in [6.07, 6.45) is 0. The normalized spacial score (nSPS) is 26.3. The molecule has 0 N–H and O–H groups in total. The van der Waals surface area contributed by atoms with Gasteiger partial charge in [0.2, 0.25) is 0 Å². The fourth-order valence-electron chi connectivity index (χ4n) is 2.60. The summed E-state index contributed by atoms with van der Waals surface area (Å²) in [5.41, 5.74) is 0. The highest BCUT2D eigenvalue weighted by Crippen LogP contribution is 2.27. The van der Waals surface area contributed by atoms with Crippen molar-refractivity contribution in [3.05, 3.63) is 0 Å². The fraction of sp³-hybridized carbons (Fsp3) is 0.667. The van der Waals surface area contributed by atoms with Gasteiger partial charge in [0.25, 0.3) is 17.8 Å². The Bertz CT molecular complexity index is 526. The first-order chi connectivity index (χ1) is 9.00. The van der Waals surface area contributed by atoms with Crippen LogP contribution in [0.4, 0.5) is 4.79 Å².